The topological polar surface area (TPSA) is 75.4 Å². The van der Waals surface area contributed by atoms with E-state index in [-0.39, 0.29) is 12.5 Å². The molecule has 0 aliphatic rings. The first kappa shape index (κ1) is 16.0. The van der Waals surface area contributed by atoms with E-state index < -0.39 is 6.10 Å². The van der Waals surface area contributed by atoms with Crippen molar-refractivity contribution in [2.24, 2.45) is 0 Å². The Morgan fingerprint density at radius 3 is 2.42 bits per heavy atom. The van der Waals surface area contributed by atoms with Gasteiger partial charge in [0.25, 0.3) is 5.91 Å². The van der Waals surface area contributed by atoms with Crippen molar-refractivity contribution in [3.63, 3.8) is 0 Å². The smallest absolute Gasteiger partial charge is 0.257 e. The van der Waals surface area contributed by atoms with Gasteiger partial charge >= 0.3 is 0 Å². The van der Waals surface area contributed by atoms with Crippen LogP contribution in [0.4, 0.5) is 0 Å². The molecule has 0 saturated heterocycles. The van der Waals surface area contributed by atoms with Gasteiger partial charge < -0.3 is 14.9 Å². The lowest BCUT2D eigenvalue weighted by atomic mass is 10.1. The van der Waals surface area contributed by atoms with Crippen molar-refractivity contribution in [3.05, 3.63) is 77.6 Å². The zero-order valence-corrected chi connectivity index (χ0v) is 13.3. The van der Waals surface area contributed by atoms with Crippen molar-refractivity contribution in [1.82, 2.24) is 10.5 Å². The molecule has 0 unspecified atom stereocenters. The van der Waals surface area contributed by atoms with E-state index in [4.69, 9.17) is 4.52 Å². The minimum Gasteiger partial charge on any atom is -0.387 e. The lowest BCUT2D eigenvalue weighted by molar-refractivity contribution is 0.0915. The molecular weight excluding hydrogens is 304 g/mol. The largest absolute Gasteiger partial charge is 0.387 e. The third-order valence-electron chi connectivity index (χ3n) is 3.78. The monoisotopic (exact) mass is 322 g/mol. The number of aromatic nitrogens is 1. The summed E-state index contributed by atoms with van der Waals surface area (Å²) in [5.74, 6) is 0.128. The summed E-state index contributed by atoms with van der Waals surface area (Å²) < 4.78 is 5.19. The van der Waals surface area contributed by atoms with E-state index in [1.165, 1.54) is 0 Å². The number of nitrogens with one attached hydrogen (secondary N) is 1. The zero-order valence-electron chi connectivity index (χ0n) is 13.3. The van der Waals surface area contributed by atoms with Crippen LogP contribution in [0.15, 0.2) is 65.2 Å². The number of benzene rings is 2. The SMILES string of the molecule is Cc1onc(-c2ccccc2)c1C(=O)NC[C@H](O)c1ccccc1. The quantitative estimate of drug-likeness (QED) is 0.757. The number of aryl methyl sites for hydroxylation is 1. The molecule has 122 valence electrons. The highest BCUT2D eigenvalue weighted by Gasteiger charge is 2.22. The van der Waals surface area contributed by atoms with Crippen molar-refractivity contribution in [3.8, 4) is 11.3 Å². The molecule has 24 heavy (non-hydrogen) atoms. The molecule has 3 aromatic rings. The maximum atomic E-state index is 12.5. The lowest BCUT2D eigenvalue weighted by Gasteiger charge is -2.12. The zero-order chi connectivity index (χ0) is 16.9. The van der Waals surface area contributed by atoms with Crippen LogP contribution in [0.1, 0.15) is 27.8 Å². The van der Waals surface area contributed by atoms with Crippen LogP contribution in [-0.2, 0) is 0 Å². The van der Waals surface area contributed by atoms with E-state index in [0.29, 0.717) is 17.0 Å². The van der Waals surface area contributed by atoms with Gasteiger partial charge in [-0.2, -0.15) is 0 Å². The first-order valence-corrected chi connectivity index (χ1v) is 7.69. The molecule has 0 spiro atoms. The highest BCUT2D eigenvalue weighted by atomic mass is 16.5. The van der Waals surface area contributed by atoms with Crippen molar-refractivity contribution in [2.45, 2.75) is 13.0 Å². The van der Waals surface area contributed by atoms with Crippen molar-refractivity contribution in [2.75, 3.05) is 6.54 Å². The molecule has 0 radical (unpaired) electrons. The fourth-order valence-corrected chi connectivity index (χ4v) is 2.50. The van der Waals surface area contributed by atoms with Gasteiger partial charge in [-0.1, -0.05) is 65.8 Å². The lowest BCUT2D eigenvalue weighted by Crippen LogP contribution is -2.29. The molecule has 0 fully saturated rings. The Morgan fingerprint density at radius 2 is 1.75 bits per heavy atom. The number of rotatable bonds is 5. The van der Waals surface area contributed by atoms with Gasteiger partial charge in [0.15, 0.2) is 0 Å². The van der Waals surface area contributed by atoms with Gasteiger partial charge in [0.1, 0.15) is 17.0 Å². The molecule has 1 atom stereocenters. The van der Waals surface area contributed by atoms with Crippen LogP contribution in [0.5, 0.6) is 0 Å². The highest BCUT2D eigenvalue weighted by molar-refractivity contribution is 6.00. The highest BCUT2D eigenvalue weighted by Crippen LogP contribution is 2.25. The van der Waals surface area contributed by atoms with Crippen LogP contribution < -0.4 is 5.32 Å². The maximum absolute atomic E-state index is 12.5. The second-order valence-corrected chi connectivity index (χ2v) is 5.46. The predicted molar refractivity (Wildman–Crippen MR) is 90.4 cm³/mol. The molecule has 5 heteroatoms. The first-order valence-electron chi connectivity index (χ1n) is 7.69. The molecule has 2 N–H and O–H groups in total. The van der Waals surface area contributed by atoms with Gasteiger partial charge in [-0.15, -0.1) is 0 Å². The van der Waals surface area contributed by atoms with Crippen LogP contribution in [0, 0.1) is 6.92 Å². The second-order valence-electron chi connectivity index (χ2n) is 5.46. The summed E-state index contributed by atoms with van der Waals surface area (Å²) in [5.41, 5.74) is 2.45. The third-order valence-corrected chi connectivity index (χ3v) is 3.78. The van der Waals surface area contributed by atoms with E-state index in [1.807, 2.05) is 60.7 Å². The summed E-state index contributed by atoms with van der Waals surface area (Å²) >= 11 is 0. The van der Waals surface area contributed by atoms with E-state index in [1.54, 1.807) is 6.92 Å². The molecule has 0 saturated carbocycles. The Balaban J connectivity index is 1.75. The number of nitrogens with zero attached hydrogens (tertiary/aromatic N) is 1. The molecule has 0 aliphatic heterocycles. The van der Waals surface area contributed by atoms with E-state index in [9.17, 15) is 9.90 Å². The minimum absolute atomic E-state index is 0.113. The van der Waals surface area contributed by atoms with Crippen LogP contribution in [0.25, 0.3) is 11.3 Å². The maximum Gasteiger partial charge on any atom is 0.257 e. The van der Waals surface area contributed by atoms with Crippen molar-refractivity contribution >= 4 is 5.91 Å². The molecule has 1 aromatic heterocycles. The van der Waals surface area contributed by atoms with Gasteiger partial charge in [-0.25, -0.2) is 0 Å². The normalized spacial score (nSPS) is 11.9. The number of carbonyl (C=O) groups excluding carboxylic acids is 1. The standard InChI is InChI=1S/C19H18N2O3/c1-13-17(18(21-24-13)15-10-6-3-7-11-15)19(23)20-12-16(22)14-8-4-2-5-9-14/h2-11,16,22H,12H2,1H3,(H,20,23)/t16-/m0/s1. The summed E-state index contributed by atoms with van der Waals surface area (Å²) in [6.07, 6.45) is -0.768. The number of hydrogen-bond donors (Lipinski definition) is 2. The van der Waals surface area contributed by atoms with Gasteiger partial charge in [-0.3, -0.25) is 4.79 Å². The minimum atomic E-state index is -0.768. The van der Waals surface area contributed by atoms with E-state index >= 15 is 0 Å². The Hall–Kier alpha value is -2.92. The van der Waals surface area contributed by atoms with Gasteiger partial charge in [0.2, 0.25) is 0 Å². The molecule has 3 rings (SSSR count). The fraction of sp³-hybridized carbons (Fsp3) is 0.158. The van der Waals surface area contributed by atoms with E-state index in [0.717, 1.165) is 11.1 Å². The van der Waals surface area contributed by atoms with Crippen molar-refractivity contribution < 1.29 is 14.4 Å². The molecule has 0 bridgehead atoms. The van der Waals surface area contributed by atoms with Crippen LogP contribution in [0.3, 0.4) is 0 Å². The summed E-state index contributed by atoms with van der Waals surface area (Å²) in [4.78, 5) is 12.5. The first-order chi connectivity index (χ1) is 11.7. The average Bonchev–Trinajstić information content (AvgIpc) is 3.02. The fourth-order valence-electron chi connectivity index (χ4n) is 2.50. The number of hydrogen-bond acceptors (Lipinski definition) is 4. The van der Waals surface area contributed by atoms with Crippen LogP contribution in [0.2, 0.25) is 0 Å². The summed E-state index contributed by atoms with van der Waals surface area (Å²) in [6, 6.07) is 18.6. The van der Waals surface area contributed by atoms with Crippen molar-refractivity contribution in [1.29, 1.82) is 0 Å². The molecule has 5 nitrogen and oxygen atoms in total. The Bertz CT molecular complexity index is 813. The molecule has 1 heterocycles. The number of aliphatic hydroxyl groups excluding tert-OH is 1. The van der Waals surface area contributed by atoms with Gasteiger partial charge in [0.05, 0.1) is 6.10 Å². The number of aliphatic hydroxyl groups is 1. The Morgan fingerprint density at radius 1 is 1.12 bits per heavy atom. The summed E-state index contributed by atoms with van der Waals surface area (Å²) in [5, 5.41) is 16.9. The molecule has 1 amide bonds. The molecule has 0 aliphatic carbocycles. The molecule has 2 aromatic carbocycles. The Labute approximate surface area is 139 Å². The van der Waals surface area contributed by atoms with Gasteiger partial charge in [0, 0.05) is 12.1 Å². The second kappa shape index (κ2) is 7.10. The average molecular weight is 322 g/mol. The molecular formula is C19H18N2O3. The third kappa shape index (κ3) is 3.36. The predicted octanol–water partition coefficient (Wildman–Crippen LogP) is 3.11. The number of amides is 1. The number of carbonyl (C=O) groups is 1. The Kier molecular flexibility index (Phi) is 4.72. The van der Waals surface area contributed by atoms with Crippen LogP contribution >= 0.6 is 0 Å². The van der Waals surface area contributed by atoms with E-state index in [2.05, 4.69) is 10.5 Å². The summed E-state index contributed by atoms with van der Waals surface area (Å²) in [6.45, 7) is 1.81. The van der Waals surface area contributed by atoms with Crippen LogP contribution in [-0.4, -0.2) is 22.7 Å². The summed E-state index contributed by atoms with van der Waals surface area (Å²) in [7, 11) is 0. The van der Waals surface area contributed by atoms with Gasteiger partial charge in [-0.05, 0) is 12.5 Å².